The van der Waals surface area contributed by atoms with Crippen LogP contribution in [0.2, 0.25) is 0 Å². The highest BCUT2D eigenvalue weighted by molar-refractivity contribution is 7.90. The van der Waals surface area contributed by atoms with Crippen molar-refractivity contribution in [2.75, 3.05) is 31.5 Å². The van der Waals surface area contributed by atoms with Gasteiger partial charge in [-0.3, -0.25) is 4.31 Å². The Balaban J connectivity index is 2.84. The van der Waals surface area contributed by atoms with Crippen LogP contribution in [0, 0.1) is 0 Å². The van der Waals surface area contributed by atoms with Crippen molar-refractivity contribution in [3.63, 3.8) is 0 Å². The number of hydrogen-bond donors (Lipinski definition) is 1. The second kappa shape index (κ2) is 6.00. The maximum Gasteiger partial charge on any atom is 0.303 e. The summed E-state index contributed by atoms with van der Waals surface area (Å²) in [4.78, 5) is 0. The van der Waals surface area contributed by atoms with E-state index in [4.69, 9.17) is 5.73 Å². The molecule has 1 aromatic rings. The van der Waals surface area contributed by atoms with Crippen molar-refractivity contribution in [1.82, 2.24) is 4.31 Å². The highest BCUT2D eigenvalue weighted by atomic mass is 32.2. The van der Waals surface area contributed by atoms with E-state index in [1.54, 1.807) is 38.4 Å². The maximum atomic E-state index is 12.1. The van der Waals surface area contributed by atoms with Crippen LogP contribution in [0.3, 0.4) is 0 Å². The summed E-state index contributed by atoms with van der Waals surface area (Å²) in [6, 6.07) is 8.98. The van der Waals surface area contributed by atoms with Gasteiger partial charge in [-0.1, -0.05) is 18.2 Å². The molecule has 0 heterocycles. The Bertz CT molecular complexity index is 433. The van der Waals surface area contributed by atoms with E-state index >= 15 is 0 Å². The van der Waals surface area contributed by atoms with Crippen LogP contribution in [0.1, 0.15) is 6.42 Å². The zero-order valence-corrected chi connectivity index (χ0v) is 11.0. The fourth-order valence-corrected chi connectivity index (χ4v) is 2.58. The van der Waals surface area contributed by atoms with Gasteiger partial charge in [-0.05, 0) is 25.1 Å². The molecule has 0 unspecified atom stereocenters. The van der Waals surface area contributed by atoms with Crippen LogP contribution < -0.4 is 10.0 Å². The Morgan fingerprint density at radius 1 is 1.18 bits per heavy atom. The van der Waals surface area contributed by atoms with Gasteiger partial charge in [0, 0.05) is 20.6 Å². The predicted molar refractivity (Wildman–Crippen MR) is 70.1 cm³/mol. The molecule has 17 heavy (non-hydrogen) atoms. The minimum absolute atomic E-state index is 0.427. The molecule has 2 N–H and O–H groups in total. The molecular weight excluding hydrogens is 238 g/mol. The van der Waals surface area contributed by atoms with Gasteiger partial charge >= 0.3 is 10.2 Å². The highest BCUT2D eigenvalue weighted by Crippen LogP contribution is 2.16. The molecule has 0 fully saturated rings. The minimum atomic E-state index is -3.45. The molecule has 1 aromatic carbocycles. The van der Waals surface area contributed by atoms with Crippen LogP contribution in [0.4, 0.5) is 5.69 Å². The standard InChI is InChI=1S/C11H19N3O2S/c1-13(10-6-9-12)17(15,16)14(2)11-7-4-3-5-8-11/h3-5,7-8H,6,9-10,12H2,1-2H3. The summed E-state index contributed by atoms with van der Waals surface area (Å²) < 4.78 is 26.9. The van der Waals surface area contributed by atoms with Crippen molar-refractivity contribution in [1.29, 1.82) is 0 Å². The van der Waals surface area contributed by atoms with Crippen molar-refractivity contribution in [2.24, 2.45) is 5.73 Å². The van der Waals surface area contributed by atoms with Crippen LogP contribution in [0.15, 0.2) is 30.3 Å². The van der Waals surface area contributed by atoms with E-state index in [0.29, 0.717) is 25.2 Å². The first kappa shape index (κ1) is 14.0. The Labute approximate surface area is 103 Å². The minimum Gasteiger partial charge on any atom is -0.330 e. The highest BCUT2D eigenvalue weighted by Gasteiger charge is 2.23. The Kier molecular flexibility index (Phi) is 4.92. The Hall–Kier alpha value is -1.11. The van der Waals surface area contributed by atoms with Crippen molar-refractivity contribution in [3.8, 4) is 0 Å². The van der Waals surface area contributed by atoms with Crippen LogP contribution in [-0.2, 0) is 10.2 Å². The molecule has 0 aliphatic rings. The fraction of sp³-hybridized carbons (Fsp3) is 0.455. The van der Waals surface area contributed by atoms with Gasteiger partial charge in [-0.15, -0.1) is 0 Å². The number of rotatable bonds is 6. The number of nitrogens with two attached hydrogens (primary N) is 1. The molecule has 96 valence electrons. The van der Waals surface area contributed by atoms with Gasteiger partial charge in [0.05, 0.1) is 5.69 Å². The van der Waals surface area contributed by atoms with Crippen LogP contribution >= 0.6 is 0 Å². The first-order valence-corrected chi connectivity index (χ1v) is 6.85. The Morgan fingerprint density at radius 2 is 1.76 bits per heavy atom. The summed E-state index contributed by atoms with van der Waals surface area (Å²) in [6.07, 6.45) is 0.651. The number of hydrogen-bond acceptors (Lipinski definition) is 3. The molecule has 6 heteroatoms. The fourth-order valence-electron chi connectivity index (χ4n) is 1.41. The Morgan fingerprint density at radius 3 is 2.29 bits per heavy atom. The van der Waals surface area contributed by atoms with E-state index in [9.17, 15) is 8.42 Å². The third-order valence-electron chi connectivity index (χ3n) is 2.54. The lowest BCUT2D eigenvalue weighted by Crippen LogP contribution is -2.40. The van der Waals surface area contributed by atoms with E-state index in [1.165, 1.54) is 8.61 Å². The average Bonchev–Trinajstić information content (AvgIpc) is 2.35. The van der Waals surface area contributed by atoms with E-state index in [-0.39, 0.29) is 0 Å². The van der Waals surface area contributed by atoms with Gasteiger partial charge in [-0.25, -0.2) is 0 Å². The molecule has 0 saturated carbocycles. The smallest absolute Gasteiger partial charge is 0.303 e. The monoisotopic (exact) mass is 257 g/mol. The van der Waals surface area contributed by atoms with Gasteiger partial charge in [0.15, 0.2) is 0 Å². The lowest BCUT2D eigenvalue weighted by molar-refractivity contribution is 0.462. The van der Waals surface area contributed by atoms with E-state index in [0.717, 1.165) is 0 Å². The normalized spacial score (nSPS) is 11.8. The third kappa shape index (κ3) is 3.42. The molecule has 0 aromatic heterocycles. The molecule has 0 saturated heterocycles. The third-order valence-corrected chi connectivity index (χ3v) is 4.41. The van der Waals surface area contributed by atoms with Gasteiger partial charge in [0.1, 0.15) is 0 Å². The number of para-hydroxylation sites is 1. The summed E-state index contributed by atoms with van der Waals surface area (Å²) in [5, 5.41) is 0. The maximum absolute atomic E-state index is 12.1. The van der Waals surface area contributed by atoms with Crippen LogP contribution in [0.25, 0.3) is 0 Å². The largest absolute Gasteiger partial charge is 0.330 e. The molecule has 0 amide bonds. The molecule has 0 atom stereocenters. The molecule has 0 aliphatic carbocycles. The summed E-state index contributed by atoms with van der Waals surface area (Å²) in [6.45, 7) is 0.908. The number of anilines is 1. The summed E-state index contributed by atoms with van der Waals surface area (Å²) in [5.41, 5.74) is 6.02. The molecule has 0 aliphatic heterocycles. The first-order chi connectivity index (χ1) is 8.00. The van der Waals surface area contributed by atoms with Gasteiger partial charge in [0.25, 0.3) is 0 Å². The van der Waals surface area contributed by atoms with Gasteiger partial charge in [-0.2, -0.15) is 12.7 Å². The SMILES string of the molecule is CN(CCCN)S(=O)(=O)N(C)c1ccccc1. The first-order valence-electron chi connectivity index (χ1n) is 5.45. The topological polar surface area (TPSA) is 66.6 Å². The van der Waals surface area contributed by atoms with E-state index in [1.807, 2.05) is 6.07 Å². The van der Waals surface area contributed by atoms with Gasteiger partial charge < -0.3 is 5.73 Å². The summed E-state index contributed by atoms with van der Waals surface area (Å²) in [7, 11) is -0.348. The molecule has 1 rings (SSSR count). The van der Waals surface area contributed by atoms with Crippen molar-refractivity contribution < 1.29 is 8.42 Å². The van der Waals surface area contributed by atoms with Gasteiger partial charge in [0.2, 0.25) is 0 Å². The second-order valence-electron chi connectivity index (χ2n) is 3.77. The molecule has 0 spiro atoms. The molecule has 0 bridgehead atoms. The zero-order chi connectivity index (χ0) is 12.9. The zero-order valence-electron chi connectivity index (χ0n) is 10.2. The van der Waals surface area contributed by atoms with Crippen molar-refractivity contribution >= 4 is 15.9 Å². The molecule has 0 radical (unpaired) electrons. The quantitative estimate of drug-likeness (QED) is 0.813. The molecule has 5 nitrogen and oxygen atoms in total. The van der Waals surface area contributed by atoms with Crippen LogP contribution in [0.5, 0.6) is 0 Å². The number of benzene rings is 1. The second-order valence-corrected chi connectivity index (χ2v) is 5.84. The molecular formula is C11H19N3O2S. The lowest BCUT2D eigenvalue weighted by Gasteiger charge is -2.25. The van der Waals surface area contributed by atoms with Crippen molar-refractivity contribution in [2.45, 2.75) is 6.42 Å². The summed E-state index contributed by atoms with van der Waals surface area (Å²) in [5.74, 6) is 0. The van der Waals surface area contributed by atoms with Crippen LogP contribution in [-0.4, -0.2) is 39.9 Å². The average molecular weight is 257 g/mol. The van der Waals surface area contributed by atoms with E-state index < -0.39 is 10.2 Å². The lowest BCUT2D eigenvalue weighted by atomic mass is 10.3. The van der Waals surface area contributed by atoms with E-state index in [2.05, 4.69) is 0 Å². The number of nitrogens with zero attached hydrogens (tertiary/aromatic N) is 2. The van der Waals surface area contributed by atoms with Crippen molar-refractivity contribution in [3.05, 3.63) is 30.3 Å². The summed E-state index contributed by atoms with van der Waals surface area (Å²) >= 11 is 0. The predicted octanol–water partition coefficient (Wildman–Crippen LogP) is 0.648.